The van der Waals surface area contributed by atoms with Gasteiger partial charge in [-0.3, -0.25) is 14.6 Å². The molecule has 0 saturated carbocycles. The minimum absolute atomic E-state index is 0.00773. The summed E-state index contributed by atoms with van der Waals surface area (Å²) < 4.78 is 6.66. The molecule has 0 aliphatic carbocycles. The van der Waals surface area contributed by atoms with Crippen molar-refractivity contribution in [2.75, 3.05) is 0 Å². The van der Waals surface area contributed by atoms with Gasteiger partial charge in [-0.05, 0) is 73.9 Å². The van der Waals surface area contributed by atoms with Crippen LogP contribution in [0.15, 0.2) is 77.0 Å². The van der Waals surface area contributed by atoms with Gasteiger partial charge in [-0.2, -0.15) is 0 Å². The van der Waals surface area contributed by atoms with Gasteiger partial charge in [0.1, 0.15) is 11.5 Å². The summed E-state index contributed by atoms with van der Waals surface area (Å²) in [6.45, 7) is 5.95. The fraction of sp³-hybridized carbons (Fsp3) is 0.222. The summed E-state index contributed by atoms with van der Waals surface area (Å²) >= 11 is 3.43. The Kier molecular flexibility index (Phi) is 6.84. The fourth-order valence-electron chi connectivity index (χ4n) is 4.06. The van der Waals surface area contributed by atoms with Crippen LogP contribution in [0.3, 0.4) is 0 Å². The highest BCUT2D eigenvalue weighted by Gasteiger charge is 2.46. The minimum Gasteiger partial charge on any atom is -0.507 e. The zero-order valence-corrected chi connectivity index (χ0v) is 20.7. The molecule has 1 fully saturated rings. The van der Waals surface area contributed by atoms with Crippen LogP contribution in [-0.2, 0) is 16.1 Å². The summed E-state index contributed by atoms with van der Waals surface area (Å²) in [5, 5.41) is 11.3. The van der Waals surface area contributed by atoms with Gasteiger partial charge in [0, 0.05) is 29.0 Å². The number of rotatable bonds is 6. The Labute approximate surface area is 207 Å². The first-order chi connectivity index (χ1) is 16.3. The van der Waals surface area contributed by atoms with Crippen molar-refractivity contribution in [3.63, 3.8) is 0 Å². The van der Waals surface area contributed by atoms with Gasteiger partial charge in [0.05, 0.1) is 17.7 Å². The highest BCUT2D eigenvalue weighted by atomic mass is 79.9. The molecule has 2 aromatic carbocycles. The lowest BCUT2D eigenvalue weighted by Gasteiger charge is -2.25. The lowest BCUT2D eigenvalue weighted by Crippen LogP contribution is -2.29. The van der Waals surface area contributed by atoms with Crippen molar-refractivity contribution < 1.29 is 19.4 Å². The lowest BCUT2D eigenvalue weighted by molar-refractivity contribution is -0.140. The van der Waals surface area contributed by atoms with E-state index in [0.717, 1.165) is 21.2 Å². The van der Waals surface area contributed by atoms with E-state index in [1.807, 2.05) is 51.1 Å². The first kappa shape index (κ1) is 23.7. The Morgan fingerprint density at radius 1 is 1.15 bits per heavy atom. The average molecular weight is 521 g/mol. The summed E-state index contributed by atoms with van der Waals surface area (Å²) in [7, 11) is 0. The van der Waals surface area contributed by atoms with Gasteiger partial charge in [0.2, 0.25) is 0 Å². The van der Waals surface area contributed by atoms with E-state index in [0.29, 0.717) is 11.3 Å². The standard InChI is InChI=1S/C27H25BrN2O4/c1-16(2)34-22-11-8-20(13-17(22)3)25(31)23-24(19-6-9-21(28)10-7-19)30(27(33)26(23)32)15-18-5-4-12-29-14-18/h4-14,16,24,31H,15H2,1-3H3/t24-/m0/s1. The number of aliphatic hydroxyl groups is 1. The van der Waals surface area contributed by atoms with E-state index in [1.54, 1.807) is 36.7 Å². The van der Waals surface area contributed by atoms with Crippen LogP contribution in [0.5, 0.6) is 5.75 Å². The predicted molar refractivity (Wildman–Crippen MR) is 133 cm³/mol. The van der Waals surface area contributed by atoms with E-state index in [9.17, 15) is 14.7 Å². The first-order valence-corrected chi connectivity index (χ1v) is 11.8. The van der Waals surface area contributed by atoms with Crippen molar-refractivity contribution in [3.8, 4) is 5.75 Å². The number of hydrogen-bond acceptors (Lipinski definition) is 5. The topological polar surface area (TPSA) is 79.7 Å². The highest BCUT2D eigenvalue weighted by Crippen LogP contribution is 2.41. The number of carbonyl (C=O) groups is 2. The van der Waals surface area contributed by atoms with Crippen molar-refractivity contribution in [1.29, 1.82) is 0 Å². The second kappa shape index (κ2) is 9.81. The Morgan fingerprint density at radius 3 is 2.50 bits per heavy atom. The number of hydrogen-bond donors (Lipinski definition) is 1. The third-order valence-electron chi connectivity index (χ3n) is 5.61. The highest BCUT2D eigenvalue weighted by molar-refractivity contribution is 9.10. The van der Waals surface area contributed by atoms with E-state index in [4.69, 9.17) is 4.74 Å². The zero-order valence-electron chi connectivity index (χ0n) is 19.2. The van der Waals surface area contributed by atoms with Crippen molar-refractivity contribution in [2.45, 2.75) is 39.5 Å². The summed E-state index contributed by atoms with van der Waals surface area (Å²) in [6.07, 6.45) is 3.32. The number of aromatic nitrogens is 1. The normalized spacial score (nSPS) is 17.4. The lowest BCUT2D eigenvalue weighted by atomic mass is 9.94. The van der Waals surface area contributed by atoms with Gasteiger partial charge in [-0.25, -0.2) is 0 Å². The molecule has 1 aromatic heterocycles. The Hall–Kier alpha value is -3.45. The van der Waals surface area contributed by atoms with Crippen LogP contribution >= 0.6 is 15.9 Å². The number of nitrogens with zero attached hydrogens (tertiary/aromatic N) is 2. The predicted octanol–water partition coefficient (Wildman–Crippen LogP) is 5.56. The largest absolute Gasteiger partial charge is 0.507 e. The number of halogens is 1. The molecule has 1 saturated heterocycles. The average Bonchev–Trinajstić information content (AvgIpc) is 3.06. The number of carbonyl (C=O) groups excluding carboxylic acids is 2. The zero-order chi connectivity index (χ0) is 24.4. The van der Waals surface area contributed by atoms with E-state index >= 15 is 0 Å². The van der Waals surface area contributed by atoms with Crippen LogP contribution in [0.4, 0.5) is 0 Å². The molecule has 4 rings (SSSR count). The fourth-order valence-corrected chi connectivity index (χ4v) is 4.33. The molecular weight excluding hydrogens is 496 g/mol. The molecule has 7 heteroatoms. The molecule has 1 amide bonds. The molecule has 0 radical (unpaired) electrons. The van der Waals surface area contributed by atoms with Crippen LogP contribution in [0.25, 0.3) is 5.76 Å². The van der Waals surface area contributed by atoms with Gasteiger partial charge < -0.3 is 14.7 Å². The van der Waals surface area contributed by atoms with Crippen molar-refractivity contribution >= 4 is 33.4 Å². The number of pyridine rings is 1. The molecule has 6 nitrogen and oxygen atoms in total. The summed E-state index contributed by atoms with van der Waals surface area (Å²) in [5.41, 5.74) is 2.85. The van der Waals surface area contributed by atoms with Crippen molar-refractivity contribution in [2.24, 2.45) is 0 Å². The summed E-state index contributed by atoms with van der Waals surface area (Å²) in [6, 6.07) is 15.5. The van der Waals surface area contributed by atoms with Crippen LogP contribution in [0.1, 0.15) is 42.1 Å². The maximum absolute atomic E-state index is 13.2. The molecule has 0 spiro atoms. The molecular formula is C27H25BrN2O4. The third kappa shape index (κ3) is 4.75. The van der Waals surface area contributed by atoms with Crippen molar-refractivity contribution in [1.82, 2.24) is 9.88 Å². The molecule has 0 bridgehead atoms. The van der Waals surface area contributed by atoms with Crippen molar-refractivity contribution in [3.05, 3.63) is 99.3 Å². The smallest absolute Gasteiger partial charge is 0.295 e. The number of amides is 1. The third-order valence-corrected chi connectivity index (χ3v) is 6.14. The molecule has 3 aromatic rings. The van der Waals surface area contributed by atoms with Gasteiger partial charge >= 0.3 is 0 Å². The molecule has 34 heavy (non-hydrogen) atoms. The van der Waals surface area contributed by atoms with E-state index in [2.05, 4.69) is 20.9 Å². The number of aliphatic hydroxyl groups excluding tert-OH is 1. The van der Waals surface area contributed by atoms with Gasteiger partial charge in [-0.1, -0.05) is 34.1 Å². The maximum atomic E-state index is 13.2. The number of Topliss-reactive ketones (excluding diaryl/α,β-unsaturated/α-hetero) is 1. The number of ether oxygens (including phenoxy) is 1. The van der Waals surface area contributed by atoms with Gasteiger partial charge in [0.15, 0.2) is 0 Å². The van der Waals surface area contributed by atoms with E-state index in [-0.39, 0.29) is 24.0 Å². The van der Waals surface area contributed by atoms with E-state index < -0.39 is 17.7 Å². The Bertz CT molecular complexity index is 1250. The van der Waals surface area contributed by atoms with Gasteiger partial charge in [-0.15, -0.1) is 0 Å². The maximum Gasteiger partial charge on any atom is 0.295 e. The molecule has 2 heterocycles. The second-order valence-electron chi connectivity index (χ2n) is 8.49. The molecule has 1 atom stereocenters. The SMILES string of the molecule is Cc1cc(C(O)=C2C(=O)C(=O)N(Cc3cccnc3)[C@H]2c2ccc(Br)cc2)ccc1OC(C)C. The number of benzene rings is 2. The summed E-state index contributed by atoms with van der Waals surface area (Å²) in [4.78, 5) is 31.9. The molecule has 1 aliphatic rings. The quantitative estimate of drug-likeness (QED) is 0.261. The van der Waals surface area contributed by atoms with Crippen LogP contribution in [0.2, 0.25) is 0 Å². The van der Waals surface area contributed by atoms with Crippen LogP contribution in [-0.4, -0.2) is 32.8 Å². The summed E-state index contributed by atoms with van der Waals surface area (Å²) in [5.74, 6) is -0.878. The molecule has 1 aliphatic heterocycles. The molecule has 0 unspecified atom stereocenters. The molecule has 1 N–H and O–H groups in total. The molecule has 174 valence electrons. The second-order valence-corrected chi connectivity index (χ2v) is 9.40. The van der Waals surface area contributed by atoms with Crippen LogP contribution < -0.4 is 4.74 Å². The Morgan fingerprint density at radius 2 is 1.88 bits per heavy atom. The van der Waals surface area contributed by atoms with Gasteiger partial charge in [0.25, 0.3) is 11.7 Å². The monoisotopic (exact) mass is 520 g/mol. The minimum atomic E-state index is -0.736. The first-order valence-electron chi connectivity index (χ1n) is 11.0. The Balaban J connectivity index is 1.82. The van der Waals surface area contributed by atoms with Crippen LogP contribution in [0, 0.1) is 6.92 Å². The number of likely N-dealkylation sites (tertiary alicyclic amines) is 1. The number of aryl methyl sites for hydroxylation is 1. The van der Waals surface area contributed by atoms with E-state index in [1.165, 1.54) is 4.90 Å². The number of ketones is 1.